The molecule has 0 spiro atoms. The first-order chi connectivity index (χ1) is 3.41. The second-order valence-electron chi connectivity index (χ2n) is 0.530. The molecule has 0 saturated carbocycles. The van der Waals surface area contributed by atoms with Crippen LogP contribution in [0.1, 0.15) is 0 Å². The van der Waals surface area contributed by atoms with Crippen molar-refractivity contribution in [2.75, 3.05) is 0 Å². The molecule has 2 N–H and O–H groups in total. The molecule has 52 valence electrons. The summed E-state index contributed by atoms with van der Waals surface area (Å²) in [5, 5.41) is 0. The molecule has 0 amide bonds. The maximum absolute atomic E-state index is 9.50. The molecule has 0 bridgehead atoms. The van der Waals surface area contributed by atoms with Gasteiger partial charge in [0.1, 0.15) is 0 Å². The molecule has 0 fully saturated rings. The van der Waals surface area contributed by atoms with Crippen molar-refractivity contribution in [1.82, 2.24) is 0 Å². The van der Waals surface area contributed by atoms with E-state index in [1.165, 1.54) is 0 Å². The van der Waals surface area contributed by atoms with Gasteiger partial charge in [0.25, 0.3) is 0 Å². The minimum atomic E-state index is -4.67. The Hall–Kier alpha value is 0.327. The van der Waals surface area contributed by atoms with Crippen molar-refractivity contribution in [2.24, 2.45) is 0 Å². The van der Waals surface area contributed by atoms with Crippen LogP contribution >= 0.6 is 0 Å². The number of hydrogen-bond donors (Lipinski definition) is 2. The summed E-state index contributed by atoms with van der Waals surface area (Å²) in [5.74, 6) is 0. The van der Waals surface area contributed by atoms with Crippen LogP contribution in [0.2, 0.25) is 0 Å². The summed E-state index contributed by atoms with van der Waals surface area (Å²) in [6, 6.07) is 0. The Morgan fingerprint density at radius 3 is 1.22 bits per heavy atom. The van der Waals surface area contributed by atoms with E-state index in [2.05, 4.69) is 0 Å². The topological polar surface area (TPSA) is 74.6 Å². The van der Waals surface area contributed by atoms with Crippen molar-refractivity contribution in [3.8, 4) is 0 Å². The Kier molecular flexibility index (Phi) is 14.9. The first-order valence-corrected chi connectivity index (χ1v) is 2.53. The maximum Gasteiger partial charge on any atom is 1.00 e. The third kappa shape index (κ3) is 3110. The summed E-state index contributed by atoms with van der Waals surface area (Å²) in [6.07, 6.45) is 0. The molecule has 0 aromatic carbocycles. The molecular formula is CH3F2LiO4S. The zero-order valence-corrected chi connectivity index (χ0v) is 5.27. The van der Waals surface area contributed by atoms with Crippen molar-refractivity contribution in [3.05, 3.63) is 6.93 Å². The fourth-order valence-electron chi connectivity index (χ4n) is 0. The standard InChI is InChI=1S/CHF2.Li.H2O4S/c2-1-3;;1-5(2,3)4/h1H;;(H2,1,2,3,4)/q-1;+1;. The molecular weight excluding hydrogens is 153 g/mol. The Bertz CT molecular complexity index is 113. The van der Waals surface area contributed by atoms with Crippen LogP contribution < -0.4 is 18.9 Å². The van der Waals surface area contributed by atoms with Crippen LogP contribution in [-0.2, 0) is 10.4 Å². The summed E-state index contributed by atoms with van der Waals surface area (Å²) in [7, 11) is -4.67. The maximum atomic E-state index is 9.50. The van der Waals surface area contributed by atoms with E-state index in [1.807, 2.05) is 0 Å². The van der Waals surface area contributed by atoms with E-state index in [0.29, 0.717) is 0 Å². The number of hydrogen-bond acceptors (Lipinski definition) is 2. The Morgan fingerprint density at radius 1 is 1.22 bits per heavy atom. The monoisotopic (exact) mass is 156 g/mol. The van der Waals surface area contributed by atoms with Gasteiger partial charge in [-0.15, -0.1) is 0 Å². The van der Waals surface area contributed by atoms with E-state index in [1.54, 1.807) is 0 Å². The first-order valence-electron chi connectivity index (χ1n) is 1.13. The van der Waals surface area contributed by atoms with Crippen LogP contribution in [0.3, 0.4) is 0 Å². The van der Waals surface area contributed by atoms with Gasteiger partial charge in [-0.05, 0) is 6.93 Å². The van der Waals surface area contributed by atoms with Crippen LogP contribution in [0.5, 0.6) is 0 Å². The molecule has 0 atom stereocenters. The summed E-state index contributed by atoms with van der Waals surface area (Å²) in [5.41, 5.74) is 0. The summed E-state index contributed by atoms with van der Waals surface area (Å²) >= 11 is 0. The molecule has 0 aliphatic carbocycles. The molecule has 0 saturated heterocycles. The van der Waals surface area contributed by atoms with Crippen LogP contribution in [-0.4, -0.2) is 17.5 Å². The molecule has 0 aromatic heterocycles. The largest absolute Gasteiger partial charge is 1.00 e. The van der Waals surface area contributed by atoms with Crippen molar-refractivity contribution >= 4 is 10.4 Å². The van der Waals surface area contributed by atoms with Gasteiger partial charge in [-0.1, -0.05) is 0 Å². The molecule has 0 unspecified atom stereocenters. The van der Waals surface area contributed by atoms with E-state index >= 15 is 0 Å². The quantitative estimate of drug-likeness (QED) is 0.229. The number of rotatable bonds is 0. The minimum Gasteiger partial charge on any atom is -0.425 e. The molecule has 0 radical (unpaired) electrons. The van der Waals surface area contributed by atoms with E-state index in [-0.39, 0.29) is 18.9 Å². The van der Waals surface area contributed by atoms with Gasteiger partial charge in [-0.3, -0.25) is 9.11 Å². The summed E-state index contributed by atoms with van der Waals surface area (Å²) in [6.45, 7) is -1.00. The second-order valence-corrected chi connectivity index (χ2v) is 1.43. The molecule has 0 aromatic rings. The second kappa shape index (κ2) is 8.33. The fourth-order valence-corrected chi connectivity index (χ4v) is 0. The van der Waals surface area contributed by atoms with Crippen molar-refractivity contribution in [1.29, 1.82) is 0 Å². The Balaban J connectivity index is -0.0000000800. The van der Waals surface area contributed by atoms with E-state index in [0.717, 1.165) is 0 Å². The van der Waals surface area contributed by atoms with Gasteiger partial charge in [0.05, 0.1) is 0 Å². The van der Waals surface area contributed by atoms with Crippen molar-refractivity contribution in [2.45, 2.75) is 0 Å². The molecule has 8 heteroatoms. The van der Waals surface area contributed by atoms with Gasteiger partial charge < -0.3 is 8.78 Å². The van der Waals surface area contributed by atoms with E-state index in [4.69, 9.17) is 17.5 Å². The first kappa shape index (κ1) is 16.2. The van der Waals surface area contributed by atoms with E-state index < -0.39 is 17.3 Å². The predicted molar refractivity (Wildman–Crippen MR) is 20.7 cm³/mol. The molecule has 0 aliphatic rings. The average Bonchev–Trinajstić information content (AvgIpc) is 1.27. The summed E-state index contributed by atoms with van der Waals surface area (Å²) < 4.78 is 50.6. The SMILES string of the molecule is F[CH-]F.O=S(=O)(O)O.[Li+]. The third-order valence-electron chi connectivity index (χ3n) is 0. The fraction of sp³-hybridized carbons (Fsp3) is 0. The van der Waals surface area contributed by atoms with Gasteiger partial charge >= 0.3 is 29.3 Å². The zero-order chi connectivity index (χ0) is 7.21. The molecule has 0 rings (SSSR count). The Morgan fingerprint density at radius 2 is 1.22 bits per heavy atom. The van der Waals surface area contributed by atoms with Gasteiger partial charge in [0.15, 0.2) is 0 Å². The van der Waals surface area contributed by atoms with Gasteiger partial charge in [0, 0.05) is 0 Å². The summed E-state index contributed by atoms with van der Waals surface area (Å²) in [4.78, 5) is 0. The van der Waals surface area contributed by atoms with Crippen LogP contribution in [0, 0.1) is 6.93 Å². The minimum absolute atomic E-state index is 0. The predicted octanol–water partition coefficient (Wildman–Crippen LogP) is -2.60. The normalized spacial score (nSPS) is 8.44. The third-order valence-corrected chi connectivity index (χ3v) is 0. The van der Waals surface area contributed by atoms with E-state index in [9.17, 15) is 8.78 Å². The van der Waals surface area contributed by atoms with Crippen molar-refractivity contribution in [3.63, 3.8) is 0 Å². The van der Waals surface area contributed by atoms with Gasteiger partial charge in [-0.2, -0.15) is 8.42 Å². The van der Waals surface area contributed by atoms with Crippen LogP contribution in [0.15, 0.2) is 0 Å². The van der Waals surface area contributed by atoms with Gasteiger partial charge in [-0.25, -0.2) is 0 Å². The molecule has 4 nitrogen and oxygen atoms in total. The Labute approximate surface area is 63.0 Å². The number of halogens is 2. The van der Waals surface area contributed by atoms with Crippen LogP contribution in [0.25, 0.3) is 0 Å². The van der Waals surface area contributed by atoms with Crippen molar-refractivity contribution < 1.29 is 45.2 Å². The average molecular weight is 156 g/mol. The molecule has 9 heavy (non-hydrogen) atoms. The zero-order valence-electron chi connectivity index (χ0n) is 4.45. The molecule has 0 aliphatic heterocycles. The molecule has 0 heterocycles. The van der Waals surface area contributed by atoms with Crippen LogP contribution in [0.4, 0.5) is 8.78 Å². The smallest absolute Gasteiger partial charge is 0.425 e. The van der Waals surface area contributed by atoms with Gasteiger partial charge in [0.2, 0.25) is 0 Å².